The Morgan fingerprint density at radius 1 is 1.07 bits per heavy atom. The van der Waals surface area contributed by atoms with Crippen LogP contribution >= 0.6 is 11.6 Å². The lowest BCUT2D eigenvalue weighted by Crippen LogP contribution is -2.51. The van der Waals surface area contributed by atoms with E-state index in [1.165, 1.54) is 7.11 Å². The number of benzene rings is 2. The van der Waals surface area contributed by atoms with Crippen LogP contribution in [-0.4, -0.2) is 60.1 Å². The topological polar surface area (TPSA) is 70.1 Å². The smallest absolute Gasteiger partial charge is 0.327 e. The van der Waals surface area contributed by atoms with Gasteiger partial charge in [-0.2, -0.15) is 0 Å². The molecule has 0 radical (unpaired) electrons. The number of hydrogen-bond acceptors (Lipinski definition) is 5. The number of nitrogens with zero attached hydrogens (tertiary/aromatic N) is 2. The Balaban J connectivity index is 1.72. The summed E-state index contributed by atoms with van der Waals surface area (Å²) in [6.45, 7) is 3.79. The predicted molar refractivity (Wildman–Crippen MR) is 107 cm³/mol. The largest absolute Gasteiger partial charge is 0.507 e. The molecule has 2 aromatic carbocycles. The summed E-state index contributed by atoms with van der Waals surface area (Å²) < 4.78 is 4.99. The average Bonchev–Trinajstić information content (AvgIpc) is 2.69. The van der Waals surface area contributed by atoms with Crippen molar-refractivity contribution < 1.29 is 19.4 Å². The van der Waals surface area contributed by atoms with Crippen molar-refractivity contribution in [1.29, 1.82) is 0 Å². The van der Waals surface area contributed by atoms with Crippen LogP contribution in [-0.2, 0) is 9.53 Å². The lowest BCUT2D eigenvalue weighted by atomic mass is 10.0. The van der Waals surface area contributed by atoms with Crippen molar-refractivity contribution in [2.24, 2.45) is 0 Å². The molecule has 7 heteroatoms. The Morgan fingerprint density at radius 2 is 1.71 bits per heavy atom. The van der Waals surface area contributed by atoms with Crippen LogP contribution in [0.5, 0.6) is 5.75 Å². The molecule has 1 unspecified atom stereocenters. The summed E-state index contributed by atoms with van der Waals surface area (Å²) in [5.74, 6) is -0.572. The van der Waals surface area contributed by atoms with E-state index in [-0.39, 0.29) is 17.6 Å². The third-order valence-electron chi connectivity index (χ3n) is 4.96. The van der Waals surface area contributed by atoms with Gasteiger partial charge < -0.3 is 14.7 Å². The zero-order valence-corrected chi connectivity index (χ0v) is 16.6. The molecule has 2 aromatic rings. The highest BCUT2D eigenvalue weighted by Crippen LogP contribution is 2.26. The summed E-state index contributed by atoms with van der Waals surface area (Å²) in [7, 11) is 1.37. The highest BCUT2D eigenvalue weighted by molar-refractivity contribution is 6.30. The number of aryl methyl sites for hydroxylation is 1. The molecule has 6 nitrogen and oxygen atoms in total. The van der Waals surface area contributed by atoms with E-state index in [0.717, 1.165) is 11.1 Å². The number of carbonyl (C=O) groups is 2. The molecular weight excluding hydrogens is 380 g/mol. The van der Waals surface area contributed by atoms with Crippen LogP contribution in [0.3, 0.4) is 0 Å². The summed E-state index contributed by atoms with van der Waals surface area (Å²) in [6.07, 6.45) is 0. The SMILES string of the molecule is COC(=O)C(c1ccc(Cl)cc1)N1CCN(C(=O)c2ccc(C)cc2O)CC1. The molecule has 1 aliphatic rings. The number of aromatic hydroxyl groups is 1. The predicted octanol–water partition coefficient (Wildman–Crippen LogP) is 3.03. The maximum Gasteiger partial charge on any atom is 0.327 e. The van der Waals surface area contributed by atoms with E-state index in [4.69, 9.17) is 16.3 Å². The lowest BCUT2D eigenvalue weighted by molar-refractivity contribution is -0.148. The summed E-state index contributed by atoms with van der Waals surface area (Å²) in [4.78, 5) is 28.8. The van der Waals surface area contributed by atoms with Gasteiger partial charge in [0.2, 0.25) is 0 Å². The zero-order chi connectivity index (χ0) is 20.3. The van der Waals surface area contributed by atoms with E-state index in [2.05, 4.69) is 0 Å². The van der Waals surface area contributed by atoms with Crippen molar-refractivity contribution in [2.45, 2.75) is 13.0 Å². The molecule has 0 aromatic heterocycles. The number of hydrogen-bond donors (Lipinski definition) is 1. The second-order valence-electron chi connectivity index (χ2n) is 6.83. The first-order chi connectivity index (χ1) is 13.4. The molecule has 148 valence electrons. The molecular formula is C21H23ClN2O4. The van der Waals surface area contributed by atoms with Gasteiger partial charge in [-0.1, -0.05) is 29.8 Å². The number of amides is 1. The molecule has 1 heterocycles. The van der Waals surface area contributed by atoms with Crippen molar-refractivity contribution in [2.75, 3.05) is 33.3 Å². The van der Waals surface area contributed by atoms with E-state index in [1.54, 1.807) is 35.2 Å². The number of esters is 1. The summed E-state index contributed by atoms with van der Waals surface area (Å²) in [6, 6.07) is 11.6. The molecule has 1 amide bonds. The minimum absolute atomic E-state index is 0.0129. The van der Waals surface area contributed by atoms with Gasteiger partial charge in [-0.15, -0.1) is 0 Å². The van der Waals surface area contributed by atoms with Gasteiger partial charge in [0, 0.05) is 31.2 Å². The van der Waals surface area contributed by atoms with Crippen molar-refractivity contribution >= 4 is 23.5 Å². The van der Waals surface area contributed by atoms with Gasteiger partial charge in [0.1, 0.15) is 11.8 Å². The van der Waals surface area contributed by atoms with E-state index in [0.29, 0.717) is 36.8 Å². The Kier molecular flexibility index (Phi) is 6.21. The van der Waals surface area contributed by atoms with Crippen LogP contribution in [0.4, 0.5) is 0 Å². The molecule has 1 aliphatic heterocycles. The van der Waals surface area contributed by atoms with Gasteiger partial charge in [0.25, 0.3) is 5.91 Å². The molecule has 0 spiro atoms. The van der Waals surface area contributed by atoms with Crippen LogP contribution in [0, 0.1) is 6.92 Å². The fourth-order valence-electron chi connectivity index (χ4n) is 3.43. The molecule has 1 N–H and O–H groups in total. The van der Waals surface area contributed by atoms with Crippen LogP contribution in [0.15, 0.2) is 42.5 Å². The van der Waals surface area contributed by atoms with Gasteiger partial charge in [0.15, 0.2) is 0 Å². The number of ether oxygens (including phenoxy) is 1. The zero-order valence-electron chi connectivity index (χ0n) is 15.9. The molecule has 3 rings (SSSR count). The maximum absolute atomic E-state index is 12.7. The third-order valence-corrected chi connectivity index (χ3v) is 5.21. The number of piperazine rings is 1. The molecule has 1 atom stereocenters. The van der Waals surface area contributed by atoms with E-state index < -0.39 is 6.04 Å². The average molecular weight is 403 g/mol. The van der Waals surface area contributed by atoms with Crippen molar-refractivity contribution in [1.82, 2.24) is 9.80 Å². The van der Waals surface area contributed by atoms with E-state index in [1.807, 2.05) is 24.0 Å². The normalized spacial score (nSPS) is 15.9. The summed E-state index contributed by atoms with van der Waals surface area (Å²) in [5, 5.41) is 10.7. The quantitative estimate of drug-likeness (QED) is 0.796. The van der Waals surface area contributed by atoms with Crippen LogP contribution in [0.1, 0.15) is 27.5 Å². The van der Waals surface area contributed by atoms with Gasteiger partial charge in [-0.3, -0.25) is 9.69 Å². The first kappa shape index (κ1) is 20.2. The number of carbonyl (C=O) groups excluding carboxylic acids is 2. The number of halogens is 1. The van der Waals surface area contributed by atoms with Crippen molar-refractivity contribution in [3.05, 3.63) is 64.2 Å². The molecule has 0 bridgehead atoms. The lowest BCUT2D eigenvalue weighted by Gasteiger charge is -2.38. The first-order valence-corrected chi connectivity index (χ1v) is 9.44. The Morgan fingerprint density at radius 3 is 2.29 bits per heavy atom. The van der Waals surface area contributed by atoms with E-state index >= 15 is 0 Å². The minimum Gasteiger partial charge on any atom is -0.507 e. The van der Waals surface area contributed by atoms with Gasteiger partial charge in [0.05, 0.1) is 12.7 Å². The minimum atomic E-state index is -0.549. The Hall–Kier alpha value is -2.57. The fraction of sp³-hybridized carbons (Fsp3) is 0.333. The van der Waals surface area contributed by atoms with Gasteiger partial charge >= 0.3 is 5.97 Å². The molecule has 1 fully saturated rings. The molecule has 1 saturated heterocycles. The molecule has 0 aliphatic carbocycles. The number of phenolic OH excluding ortho intramolecular Hbond substituents is 1. The number of phenols is 1. The fourth-order valence-corrected chi connectivity index (χ4v) is 3.55. The molecule has 28 heavy (non-hydrogen) atoms. The van der Waals surface area contributed by atoms with Crippen molar-refractivity contribution in [3.63, 3.8) is 0 Å². The number of methoxy groups -OCH3 is 1. The standard InChI is InChI=1S/C21H23ClN2O4/c1-14-3-8-17(18(25)13-14)20(26)24-11-9-23(10-12-24)19(21(27)28-2)15-4-6-16(22)7-5-15/h3-8,13,19,25H,9-12H2,1-2H3. The highest BCUT2D eigenvalue weighted by atomic mass is 35.5. The van der Waals surface area contributed by atoms with Crippen LogP contribution in [0.2, 0.25) is 5.02 Å². The van der Waals surface area contributed by atoms with Gasteiger partial charge in [-0.05, 0) is 42.3 Å². The van der Waals surface area contributed by atoms with Crippen molar-refractivity contribution in [3.8, 4) is 5.75 Å². The van der Waals surface area contributed by atoms with Crippen LogP contribution in [0.25, 0.3) is 0 Å². The van der Waals surface area contributed by atoms with E-state index in [9.17, 15) is 14.7 Å². The second kappa shape index (κ2) is 8.63. The maximum atomic E-state index is 12.7. The number of rotatable bonds is 4. The first-order valence-electron chi connectivity index (χ1n) is 9.07. The highest BCUT2D eigenvalue weighted by Gasteiger charge is 2.33. The monoisotopic (exact) mass is 402 g/mol. The third kappa shape index (κ3) is 4.29. The molecule has 0 saturated carbocycles. The Labute approximate surface area is 169 Å². The summed E-state index contributed by atoms with van der Waals surface area (Å²) >= 11 is 5.96. The summed E-state index contributed by atoms with van der Waals surface area (Å²) in [5.41, 5.74) is 1.98. The Bertz CT molecular complexity index is 861. The van der Waals surface area contributed by atoms with Gasteiger partial charge in [-0.25, -0.2) is 4.79 Å². The van der Waals surface area contributed by atoms with Crippen LogP contribution < -0.4 is 0 Å². The second-order valence-corrected chi connectivity index (χ2v) is 7.26.